The van der Waals surface area contributed by atoms with Crippen LogP contribution in [0.4, 0.5) is 0 Å². The molecule has 6 nitrogen and oxygen atoms in total. The van der Waals surface area contributed by atoms with Gasteiger partial charge in [-0.3, -0.25) is 4.79 Å². The van der Waals surface area contributed by atoms with E-state index in [-0.39, 0.29) is 11.9 Å². The van der Waals surface area contributed by atoms with E-state index in [1.807, 2.05) is 30.3 Å². The minimum atomic E-state index is -0.134. The average Bonchev–Trinajstić information content (AvgIpc) is 2.72. The second-order valence-corrected chi connectivity index (χ2v) is 7.03. The first-order chi connectivity index (χ1) is 13.6. The monoisotopic (exact) mass is 384 g/mol. The minimum Gasteiger partial charge on any atom is -0.493 e. The van der Waals surface area contributed by atoms with E-state index in [9.17, 15) is 4.79 Å². The normalized spacial score (nSPS) is 19.0. The molecule has 1 amide bonds. The molecule has 1 aliphatic heterocycles. The predicted molar refractivity (Wildman–Crippen MR) is 108 cm³/mol. The summed E-state index contributed by atoms with van der Waals surface area (Å²) in [4.78, 5) is 12.8. The van der Waals surface area contributed by atoms with Crippen molar-refractivity contribution in [3.63, 3.8) is 0 Å². The van der Waals surface area contributed by atoms with E-state index in [0.29, 0.717) is 35.5 Å². The molecule has 0 bridgehead atoms. The van der Waals surface area contributed by atoms with E-state index in [0.717, 1.165) is 24.9 Å². The Balaban J connectivity index is 1.76. The summed E-state index contributed by atoms with van der Waals surface area (Å²) in [5.74, 6) is 1.30. The molecule has 0 saturated carbocycles. The quantitative estimate of drug-likeness (QED) is 0.768. The highest BCUT2D eigenvalue weighted by Crippen LogP contribution is 2.39. The highest BCUT2D eigenvalue weighted by atomic mass is 16.5. The molecule has 1 fully saturated rings. The zero-order chi connectivity index (χ0) is 19.9. The Labute approximate surface area is 166 Å². The van der Waals surface area contributed by atoms with E-state index in [1.165, 1.54) is 0 Å². The summed E-state index contributed by atoms with van der Waals surface area (Å²) in [6, 6.07) is 13.8. The Bertz CT molecular complexity index is 769. The molecule has 3 rings (SSSR count). The number of rotatable bonds is 7. The number of benzene rings is 2. The number of hydrogen-bond acceptors (Lipinski definition) is 5. The lowest BCUT2D eigenvalue weighted by molar-refractivity contribution is 0.0924. The molecule has 2 aromatic rings. The molecule has 150 valence electrons. The third-order valence-corrected chi connectivity index (χ3v) is 4.91. The third kappa shape index (κ3) is 4.95. The van der Waals surface area contributed by atoms with Crippen LogP contribution in [0.1, 0.15) is 35.7 Å². The molecule has 0 spiro atoms. The van der Waals surface area contributed by atoms with Gasteiger partial charge >= 0.3 is 0 Å². The Kier molecular flexibility index (Phi) is 6.76. The van der Waals surface area contributed by atoms with E-state index >= 15 is 0 Å². The number of piperidine rings is 1. The van der Waals surface area contributed by atoms with E-state index in [1.54, 1.807) is 26.4 Å². The van der Waals surface area contributed by atoms with Crippen LogP contribution in [0.15, 0.2) is 42.5 Å². The number of hydrogen-bond donors (Lipinski definition) is 2. The maximum absolute atomic E-state index is 12.8. The van der Waals surface area contributed by atoms with E-state index in [4.69, 9.17) is 14.2 Å². The standard InChI is InChI=1S/C22H28N2O4/c1-15-11-18(9-10-23-15)24-22(25)17-12-19(26-2)21(20(13-17)27-3)28-14-16-7-5-4-6-8-16/h4-8,12-13,15,18,23H,9-11,14H2,1-3H3,(H,24,25). The second kappa shape index (κ2) is 9.46. The number of carbonyl (C=O) groups excluding carboxylic acids is 1. The lowest BCUT2D eigenvalue weighted by atomic mass is 10.00. The van der Waals surface area contributed by atoms with Crippen LogP contribution in [-0.4, -0.2) is 38.8 Å². The van der Waals surface area contributed by atoms with Crippen LogP contribution in [0, 0.1) is 0 Å². The van der Waals surface area contributed by atoms with Gasteiger partial charge in [0.15, 0.2) is 11.5 Å². The number of ether oxygens (including phenoxy) is 3. The number of amides is 1. The number of methoxy groups -OCH3 is 2. The lowest BCUT2D eigenvalue weighted by Crippen LogP contribution is -2.46. The summed E-state index contributed by atoms with van der Waals surface area (Å²) >= 11 is 0. The highest BCUT2D eigenvalue weighted by molar-refractivity contribution is 5.95. The van der Waals surface area contributed by atoms with Gasteiger partial charge in [-0.25, -0.2) is 0 Å². The summed E-state index contributed by atoms with van der Waals surface area (Å²) in [6.07, 6.45) is 1.83. The fourth-order valence-corrected chi connectivity index (χ4v) is 3.41. The zero-order valence-electron chi connectivity index (χ0n) is 16.7. The smallest absolute Gasteiger partial charge is 0.251 e. The van der Waals surface area contributed by atoms with Gasteiger partial charge in [0.05, 0.1) is 14.2 Å². The molecule has 2 aromatic carbocycles. The van der Waals surface area contributed by atoms with Crippen LogP contribution >= 0.6 is 0 Å². The van der Waals surface area contributed by atoms with Crippen molar-refractivity contribution in [1.29, 1.82) is 0 Å². The topological polar surface area (TPSA) is 68.8 Å². The van der Waals surface area contributed by atoms with Gasteiger partial charge in [-0.15, -0.1) is 0 Å². The first kappa shape index (κ1) is 20.0. The van der Waals surface area contributed by atoms with Crippen LogP contribution in [0.2, 0.25) is 0 Å². The Morgan fingerprint density at radius 2 is 1.82 bits per heavy atom. The van der Waals surface area contributed by atoms with Gasteiger partial charge in [0, 0.05) is 17.6 Å². The largest absolute Gasteiger partial charge is 0.493 e. The van der Waals surface area contributed by atoms with Crippen molar-refractivity contribution in [3.05, 3.63) is 53.6 Å². The van der Waals surface area contributed by atoms with E-state index < -0.39 is 0 Å². The van der Waals surface area contributed by atoms with Crippen LogP contribution in [0.25, 0.3) is 0 Å². The van der Waals surface area contributed by atoms with Crippen molar-refractivity contribution in [2.24, 2.45) is 0 Å². The molecule has 2 atom stereocenters. The molecule has 0 aliphatic carbocycles. The van der Waals surface area contributed by atoms with Crippen LogP contribution < -0.4 is 24.8 Å². The molecule has 1 saturated heterocycles. The summed E-state index contributed by atoms with van der Waals surface area (Å²) in [6.45, 7) is 3.42. The van der Waals surface area contributed by atoms with Gasteiger partial charge in [-0.05, 0) is 44.0 Å². The third-order valence-electron chi connectivity index (χ3n) is 4.91. The van der Waals surface area contributed by atoms with Crippen LogP contribution in [0.3, 0.4) is 0 Å². The zero-order valence-corrected chi connectivity index (χ0v) is 16.7. The van der Waals surface area contributed by atoms with Gasteiger partial charge in [-0.1, -0.05) is 30.3 Å². The number of carbonyl (C=O) groups is 1. The average molecular weight is 384 g/mol. The minimum absolute atomic E-state index is 0.134. The molecule has 1 heterocycles. The van der Waals surface area contributed by atoms with Gasteiger partial charge in [0.1, 0.15) is 6.61 Å². The first-order valence-corrected chi connectivity index (χ1v) is 9.57. The SMILES string of the molecule is COc1cc(C(=O)NC2CCNC(C)C2)cc(OC)c1OCc1ccccc1. The van der Waals surface area contributed by atoms with Crippen molar-refractivity contribution in [1.82, 2.24) is 10.6 Å². The van der Waals surface area contributed by atoms with Crippen LogP contribution in [-0.2, 0) is 6.61 Å². The molecule has 0 aromatic heterocycles. The van der Waals surface area contributed by atoms with Crippen molar-refractivity contribution in [2.75, 3.05) is 20.8 Å². The maximum atomic E-state index is 12.8. The van der Waals surface area contributed by atoms with Crippen LogP contribution in [0.5, 0.6) is 17.2 Å². The molecule has 0 radical (unpaired) electrons. The van der Waals surface area contributed by atoms with E-state index in [2.05, 4.69) is 17.6 Å². The Morgan fingerprint density at radius 1 is 1.14 bits per heavy atom. The molecule has 2 N–H and O–H groups in total. The van der Waals surface area contributed by atoms with Crippen molar-refractivity contribution < 1.29 is 19.0 Å². The highest BCUT2D eigenvalue weighted by Gasteiger charge is 2.23. The summed E-state index contributed by atoms with van der Waals surface area (Å²) in [5, 5.41) is 6.50. The van der Waals surface area contributed by atoms with Gasteiger partial charge in [-0.2, -0.15) is 0 Å². The Morgan fingerprint density at radius 3 is 2.43 bits per heavy atom. The molecule has 1 aliphatic rings. The molecule has 6 heteroatoms. The second-order valence-electron chi connectivity index (χ2n) is 7.03. The van der Waals surface area contributed by atoms with Gasteiger partial charge in [0.2, 0.25) is 5.75 Å². The molecule has 28 heavy (non-hydrogen) atoms. The maximum Gasteiger partial charge on any atom is 0.251 e. The summed E-state index contributed by atoms with van der Waals surface area (Å²) in [5.41, 5.74) is 1.53. The van der Waals surface area contributed by atoms with Crippen molar-refractivity contribution >= 4 is 5.91 Å². The summed E-state index contributed by atoms with van der Waals surface area (Å²) in [7, 11) is 3.11. The van der Waals surface area contributed by atoms with Gasteiger partial charge in [0.25, 0.3) is 5.91 Å². The lowest BCUT2D eigenvalue weighted by Gasteiger charge is -2.28. The summed E-state index contributed by atoms with van der Waals surface area (Å²) < 4.78 is 16.9. The van der Waals surface area contributed by atoms with Gasteiger partial charge < -0.3 is 24.8 Å². The molecule has 2 unspecified atom stereocenters. The fraction of sp³-hybridized carbons (Fsp3) is 0.409. The van der Waals surface area contributed by atoms with Crippen molar-refractivity contribution in [2.45, 2.75) is 38.5 Å². The fourth-order valence-electron chi connectivity index (χ4n) is 3.41. The predicted octanol–water partition coefficient (Wildman–Crippen LogP) is 3.15. The molecular formula is C22H28N2O4. The Hall–Kier alpha value is -2.73. The van der Waals surface area contributed by atoms with Crippen molar-refractivity contribution in [3.8, 4) is 17.2 Å². The molecular weight excluding hydrogens is 356 g/mol. The number of nitrogens with one attached hydrogen (secondary N) is 2. The first-order valence-electron chi connectivity index (χ1n) is 9.57.